The minimum absolute atomic E-state index is 0.0182. The van der Waals surface area contributed by atoms with Gasteiger partial charge in [-0.3, -0.25) is 4.79 Å². The van der Waals surface area contributed by atoms with E-state index in [0.717, 1.165) is 49.9 Å². The monoisotopic (exact) mass is 358 g/mol. The largest absolute Gasteiger partial charge is 0.483 e. The molecule has 0 saturated heterocycles. The predicted molar refractivity (Wildman–Crippen MR) is 111 cm³/mol. The standard InChI is InChI=1S/C23H22N2O2/c1-14-10-15(2)16(3)22(11-14)27-13-23(26)24-17-8-9-21-19(12-17)18-6-4-5-7-20(18)25-21/h4-12,25H,13H2,1-3H3,(H,24,26). The number of fused-ring (bicyclic) bond motifs is 3. The molecule has 2 N–H and O–H groups in total. The summed E-state index contributed by atoms with van der Waals surface area (Å²) in [5.41, 5.74) is 6.25. The molecule has 4 aromatic rings. The number of amides is 1. The number of benzene rings is 3. The predicted octanol–water partition coefficient (Wildman–Crippen LogP) is 5.26. The second kappa shape index (κ2) is 6.80. The van der Waals surface area contributed by atoms with Crippen molar-refractivity contribution in [3.8, 4) is 5.75 Å². The van der Waals surface area contributed by atoms with E-state index < -0.39 is 0 Å². The molecule has 1 aromatic heterocycles. The van der Waals surface area contributed by atoms with Crippen LogP contribution in [0.2, 0.25) is 0 Å². The maximum atomic E-state index is 12.4. The van der Waals surface area contributed by atoms with Crippen LogP contribution in [0.5, 0.6) is 5.75 Å². The first-order valence-electron chi connectivity index (χ1n) is 9.02. The molecule has 1 heterocycles. The van der Waals surface area contributed by atoms with Crippen molar-refractivity contribution in [2.45, 2.75) is 20.8 Å². The summed E-state index contributed by atoms with van der Waals surface area (Å²) >= 11 is 0. The summed E-state index contributed by atoms with van der Waals surface area (Å²) in [5, 5.41) is 5.17. The number of carbonyl (C=O) groups is 1. The van der Waals surface area contributed by atoms with E-state index in [4.69, 9.17) is 4.74 Å². The Morgan fingerprint density at radius 2 is 1.74 bits per heavy atom. The summed E-state index contributed by atoms with van der Waals surface area (Å²) in [6, 6.07) is 18.1. The lowest BCUT2D eigenvalue weighted by atomic mass is 10.1. The highest BCUT2D eigenvalue weighted by molar-refractivity contribution is 6.09. The molecule has 0 aliphatic heterocycles. The lowest BCUT2D eigenvalue weighted by Gasteiger charge is -2.12. The zero-order chi connectivity index (χ0) is 19.0. The fraction of sp³-hybridized carbons (Fsp3) is 0.174. The van der Waals surface area contributed by atoms with Crippen molar-refractivity contribution < 1.29 is 9.53 Å². The molecule has 4 nitrogen and oxygen atoms in total. The van der Waals surface area contributed by atoms with Gasteiger partial charge in [-0.2, -0.15) is 0 Å². The van der Waals surface area contributed by atoms with Gasteiger partial charge in [0.05, 0.1) is 0 Å². The normalized spacial score (nSPS) is 11.1. The van der Waals surface area contributed by atoms with Crippen LogP contribution in [0.3, 0.4) is 0 Å². The van der Waals surface area contributed by atoms with Crippen molar-refractivity contribution in [3.05, 3.63) is 71.3 Å². The SMILES string of the molecule is Cc1cc(C)c(C)c(OCC(=O)Nc2ccc3[nH]c4ccccc4c3c2)c1. The number of aryl methyl sites for hydroxylation is 2. The van der Waals surface area contributed by atoms with Gasteiger partial charge < -0.3 is 15.0 Å². The maximum Gasteiger partial charge on any atom is 0.262 e. The molecule has 0 spiro atoms. The van der Waals surface area contributed by atoms with E-state index in [-0.39, 0.29) is 12.5 Å². The van der Waals surface area contributed by atoms with Gasteiger partial charge in [0.2, 0.25) is 0 Å². The second-order valence-corrected chi connectivity index (χ2v) is 6.97. The molecule has 27 heavy (non-hydrogen) atoms. The number of carbonyl (C=O) groups excluding carboxylic acids is 1. The van der Waals surface area contributed by atoms with E-state index in [2.05, 4.69) is 22.4 Å². The summed E-state index contributed by atoms with van der Waals surface area (Å²) in [7, 11) is 0. The van der Waals surface area contributed by atoms with Crippen molar-refractivity contribution in [3.63, 3.8) is 0 Å². The highest BCUT2D eigenvalue weighted by Crippen LogP contribution is 2.28. The van der Waals surface area contributed by atoms with Crippen molar-refractivity contribution in [1.82, 2.24) is 4.98 Å². The molecule has 0 atom stereocenters. The van der Waals surface area contributed by atoms with Crippen LogP contribution < -0.4 is 10.1 Å². The van der Waals surface area contributed by atoms with Gasteiger partial charge >= 0.3 is 0 Å². The van der Waals surface area contributed by atoms with Crippen LogP contribution >= 0.6 is 0 Å². The quantitative estimate of drug-likeness (QED) is 0.522. The average Bonchev–Trinajstić information content (AvgIpc) is 3.01. The molecule has 3 aromatic carbocycles. The summed E-state index contributed by atoms with van der Waals surface area (Å²) in [5.74, 6) is 0.586. The van der Waals surface area contributed by atoms with E-state index in [9.17, 15) is 4.79 Å². The molecule has 136 valence electrons. The van der Waals surface area contributed by atoms with Crippen LogP contribution in [0.15, 0.2) is 54.6 Å². The van der Waals surface area contributed by atoms with Gasteiger partial charge in [0.15, 0.2) is 6.61 Å². The Labute approximate surface area is 158 Å². The minimum Gasteiger partial charge on any atom is -0.483 e. The number of aromatic amines is 1. The summed E-state index contributed by atoms with van der Waals surface area (Å²) < 4.78 is 5.76. The number of hydrogen-bond acceptors (Lipinski definition) is 2. The van der Waals surface area contributed by atoms with Crippen molar-refractivity contribution in [2.75, 3.05) is 11.9 Å². The number of para-hydroxylation sites is 1. The van der Waals surface area contributed by atoms with Crippen molar-refractivity contribution in [2.24, 2.45) is 0 Å². The zero-order valence-corrected chi connectivity index (χ0v) is 15.7. The number of aromatic nitrogens is 1. The summed E-state index contributed by atoms with van der Waals surface area (Å²) in [6.07, 6.45) is 0. The Kier molecular flexibility index (Phi) is 4.32. The van der Waals surface area contributed by atoms with Crippen LogP contribution in [0.25, 0.3) is 21.8 Å². The molecule has 0 saturated carbocycles. The first-order valence-corrected chi connectivity index (χ1v) is 9.02. The van der Waals surface area contributed by atoms with E-state index >= 15 is 0 Å². The first-order chi connectivity index (χ1) is 13.0. The minimum atomic E-state index is -0.173. The zero-order valence-electron chi connectivity index (χ0n) is 15.7. The Bertz CT molecular complexity index is 1160. The Hall–Kier alpha value is -3.27. The lowest BCUT2D eigenvalue weighted by molar-refractivity contribution is -0.118. The second-order valence-electron chi connectivity index (χ2n) is 6.97. The highest BCUT2D eigenvalue weighted by atomic mass is 16.5. The van der Waals surface area contributed by atoms with Crippen molar-refractivity contribution in [1.29, 1.82) is 0 Å². The Morgan fingerprint density at radius 3 is 2.59 bits per heavy atom. The van der Waals surface area contributed by atoms with E-state index in [1.165, 1.54) is 0 Å². The molecular weight excluding hydrogens is 336 g/mol. The fourth-order valence-electron chi connectivity index (χ4n) is 3.42. The number of H-pyrrole nitrogens is 1. The Morgan fingerprint density at radius 1 is 0.963 bits per heavy atom. The molecule has 0 unspecified atom stereocenters. The molecule has 0 aliphatic carbocycles. The third-order valence-electron chi connectivity index (χ3n) is 4.91. The molecule has 0 fully saturated rings. The van der Waals surface area contributed by atoms with Gasteiger partial charge in [-0.25, -0.2) is 0 Å². The molecule has 4 rings (SSSR count). The molecule has 0 aliphatic rings. The molecule has 0 radical (unpaired) electrons. The molecule has 4 heteroatoms. The van der Waals surface area contributed by atoms with Gasteiger partial charge in [0.1, 0.15) is 5.75 Å². The lowest BCUT2D eigenvalue weighted by Crippen LogP contribution is -2.20. The number of rotatable bonds is 4. The Balaban J connectivity index is 1.50. The van der Waals surface area contributed by atoms with Crippen LogP contribution in [0.4, 0.5) is 5.69 Å². The van der Waals surface area contributed by atoms with Crippen LogP contribution in [0, 0.1) is 20.8 Å². The van der Waals surface area contributed by atoms with E-state index in [0.29, 0.717) is 0 Å². The van der Waals surface area contributed by atoms with Crippen LogP contribution in [0.1, 0.15) is 16.7 Å². The molecule has 1 amide bonds. The summed E-state index contributed by atoms with van der Waals surface area (Å²) in [4.78, 5) is 15.7. The molecular formula is C23H22N2O2. The first kappa shape index (κ1) is 17.2. The number of hydrogen-bond donors (Lipinski definition) is 2. The van der Waals surface area contributed by atoms with E-state index in [1.54, 1.807) is 0 Å². The smallest absolute Gasteiger partial charge is 0.262 e. The number of anilines is 1. The van der Waals surface area contributed by atoms with Gasteiger partial charge in [-0.1, -0.05) is 24.3 Å². The highest BCUT2D eigenvalue weighted by Gasteiger charge is 2.09. The summed E-state index contributed by atoms with van der Waals surface area (Å²) in [6.45, 7) is 6.06. The average molecular weight is 358 g/mol. The number of ether oxygens (including phenoxy) is 1. The molecule has 0 bridgehead atoms. The van der Waals surface area contributed by atoms with E-state index in [1.807, 2.05) is 63.2 Å². The van der Waals surface area contributed by atoms with Crippen LogP contribution in [-0.2, 0) is 4.79 Å². The number of nitrogens with one attached hydrogen (secondary N) is 2. The topological polar surface area (TPSA) is 54.1 Å². The van der Waals surface area contributed by atoms with Crippen LogP contribution in [-0.4, -0.2) is 17.5 Å². The third-order valence-corrected chi connectivity index (χ3v) is 4.91. The third kappa shape index (κ3) is 3.38. The maximum absolute atomic E-state index is 12.4. The van der Waals surface area contributed by atoms with Crippen molar-refractivity contribution >= 4 is 33.4 Å². The van der Waals surface area contributed by atoms with Gasteiger partial charge in [0, 0.05) is 27.5 Å². The van der Waals surface area contributed by atoms with Gasteiger partial charge in [-0.15, -0.1) is 0 Å². The van der Waals surface area contributed by atoms with Gasteiger partial charge in [0.25, 0.3) is 5.91 Å². The van der Waals surface area contributed by atoms with Gasteiger partial charge in [-0.05, 0) is 67.8 Å². The fourth-order valence-corrected chi connectivity index (χ4v) is 3.42.